The maximum absolute atomic E-state index is 5.80. The van der Waals surface area contributed by atoms with Gasteiger partial charge in [-0.25, -0.2) is 14.5 Å². The Morgan fingerprint density at radius 2 is 2.43 bits per heavy atom. The molecule has 9 heteroatoms. The van der Waals surface area contributed by atoms with Crippen molar-refractivity contribution in [2.75, 3.05) is 24.6 Å². The molecule has 4 rings (SSSR count). The van der Waals surface area contributed by atoms with Crippen LogP contribution in [0, 0.1) is 6.92 Å². The second kappa shape index (κ2) is 5.08. The molecule has 110 valence electrons. The molecule has 0 aromatic carbocycles. The van der Waals surface area contributed by atoms with E-state index < -0.39 is 0 Å². The van der Waals surface area contributed by atoms with Crippen molar-refractivity contribution in [3.05, 3.63) is 24.5 Å². The van der Waals surface area contributed by atoms with Crippen molar-refractivity contribution >= 4 is 21.4 Å². The van der Waals surface area contributed by atoms with Crippen LogP contribution < -0.4 is 4.90 Å². The highest BCUT2D eigenvalue weighted by Gasteiger charge is 2.24. The van der Waals surface area contributed by atoms with Gasteiger partial charge >= 0.3 is 0 Å². The molecule has 0 bridgehead atoms. The fourth-order valence-electron chi connectivity index (χ4n) is 2.47. The van der Waals surface area contributed by atoms with Gasteiger partial charge in [0.25, 0.3) is 0 Å². The highest BCUT2D eigenvalue weighted by Crippen LogP contribution is 2.25. The van der Waals surface area contributed by atoms with Gasteiger partial charge in [0.05, 0.1) is 31.1 Å². The quantitative estimate of drug-likeness (QED) is 0.705. The van der Waals surface area contributed by atoms with Gasteiger partial charge in [0.2, 0.25) is 10.1 Å². The number of imidazole rings is 1. The zero-order valence-electron chi connectivity index (χ0n) is 11.6. The number of aryl methyl sites for hydroxylation is 1. The Kier molecular flexibility index (Phi) is 3.08. The first kappa shape index (κ1) is 12.7. The first-order valence-corrected chi connectivity index (χ1v) is 7.61. The van der Waals surface area contributed by atoms with Crippen molar-refractivity contribution in [1.29, 1.82) is 0 Å². The topological polar surface area (TPSA) is 73.4 Å². The van der Waals surface area contributed by atoms with Crippen LogP contribution in [-0.4, -0.2) is 55.2 Å². The second-order valence-electron chi connectivity index (χ2n) is 5.05. The van der Waals surface area contributed by atoms with E-state index in [1.807, 2.05) is 17.6 Å². The van der Waals surface area contributed by atoms with E-state index in [9.17, 15) is 0 Å². The average molecular weight is 305 g/mol. The first-order chi connectivity index (χ1) is 10.3. The Labute approximate surface area is 125 Å². The third-order valence-electron chi connectivity index (χ3n) is 3.42. The van der Waals surface area contributed by atoms with Crippen molar-refractivity contribution in [1.82, 2.24) is 29.4 Å². The number of anilines is 1. The minimum absolute atomic E-state index is 0.0957. The summed E-state index contributed by atoms with van der Waals surface area (Å²) in [6, 6.07) is 0. The molecule has 1 fully saturated rings. The number of nitrogens with zero attached hydrogens (tertiary/aromatic N) is 7. The van der Waals surface area contributed by atoms with Crippen molar-refractivity contribution in [2.45, 2.75) is 19.6 Å². The molecule has 0 unspecified atom stereocenters. The number of fused-ring (bicyclic) bond motifs is 1. The normalized spacial score (nSPS) is 19.5. The second-order valence-corrected chi connectivity index (χ2v) is 5.98. The Bertz CT molecular complexity index is 703. The van der Waals surface area contributed by atoms with E-state index in [0.29, 0.717) is 13.2 Å². The number of ether oxygens (including phenoxy) is 1. The van der Waals surface area contributed by atoms with Gasteiger partial charge in [-0.3, -0.25) is 4.68 Å². The predicted octanol–water partition coefficient (Wildman–Crippen LogP) is 0.596. The molecule has 4 heterocycles. The van der Waals surface area contributed by atoms with E-state index >= 15 is 0 Å². The first-order valence-electron chi connectivity index (χ1n) is 6.80. The lowest BCUT2D eigenvalue weighted by atomic mass is 10.3. The summed E-state index contributed by atoms with van der Waals surface area (Å²) in [7, 11) is 0. The van der Waals surface area contributed by atoms with Crippen molar-refractivity contribution in [3.8, 4) is 0 Å². The van der Waals surface area contributed by atoms with E-state index in [1.165, 1.54) is 0 Å². The highest BCUT2D eigenvalue weighted by molar-refractivity contribution is 7.20. The number of rotatable bonds is 3. The lowest BCUT2D eigenvalue weighted by molar-refractivity contribution is 0.0273. The van der Waals surface area contributed by atoms with Gasteiger partial charge < -0.3 is 9.64 Å². The number of hydrogen-bond acceptors (Lipinski definition) is 7. The summed E-state index contributed by atoms with van der Waals surface area (Å²) in [6.07, 6.45) is 5.29. The van der Waals surface area contributed by atoms with Gasteiger partial charge in [-0.2, -0.15) is 5.10 Å². The monoisotopic (exact) mass is 305 g/mol. The van der Waals surface area contributed by atoms with Crippen molar-refractivity contribution < 1.29 is 4.74 Å². The van der Waals surface area contributed by atoms with E-state index in [4.69, 9.17) is 4.74 Å². The van der Waals surface area contributed by atoms with Gasteiger partial charge in [0.15, 0.2) is 0 Å². The van der Waals surface area contributed by atoms with Crippen molar-refractivity contribution in [2.24, 2.45) is 0 Å². The van der Waals surface area contributed by atoms with Crippen LogP contribution in [0.5, 0.6) is 0 Å². The molecule has 0 amide bonds. The molecule has 3 aromatic heterocycles. The van der Waals surface area contributed by atoms with Crippen LogP contribution in [0.25, 0.3) is 4.96 Å². The fraction of sp³-hybridized carbons (Fsp3) is 0.500. The number of hydrogen-bond donors (Lipinski definition) is 0. The smallest absolute Gasteiger partial charge is 0.214 e. The van der Waals surface area contributed by atoms with Crippen LogP contribution in [-0.2, 0) is 11.3 Å². The third-order valence-corrected chi connectivity index (χ3v) is 4.40. The molecule has 0 aliphatic carbocycles. The van der Waals surface area contributed by atoms with Crippen molar-refractivity contribution in [3.63, 3.8) is 0 Å². The molecule has 0 N–H and O–H groups in total. The zero-order valence-corrected chi connectivity index (χ0v) is 12.4. The Hall–Kier alpha value is -2.00. The molecular formula is C12H15N7OS. The minimum atomic E-state index is 0.0957. The summed E-state index contributed by atoms with van der Waals surface area (Å²) >= 11 is 1.61. The van der Waals surface area contributed by atoms with E-state index in [1.54, 1.807) is 28.7 Å². The lowest BCUT2D eigenvalue weighted by Crippen LogP contribution is -2.44. The van der Waals surface area contributed by atoms with E-state index in [2.05, 4.69) is 25.1 Å². The Morgan fingerprint density at radius 1 is 1.48 bits per heavy atom. The summed E-state index contributed by atoms with van der Waals surface area (Å²) in [5.41, 5.74) is 0.992. The SMILES string of the molecule is Cc1cn2nc(N3CCO[C@H](Cn4cncn4)C3)sc2n1. The largest absolute Gasteiger partial charge is 0.373 e. The lowest BCUT2D eigenvalue weighted by Gasteiger charge is -2.32. The molecule has 0 saturated carbocycles. The van der Waals surface area contributed by atoms with Crippen LogP contribution in [0.1, 0.15) is 5.69 Å². The molecule has 1 aliphatic rings. The molecule has 1 atom stereocenters. The fourth-order valence-corrected chi connectivity index (χ4v) is 3.43. The molecule has 3 aromatic rings. The van der Waals surface area contributed by atoms with Gasteiger partial charge in [-0.1, -0.05) is 11.3 Å². The van der Waals surface area contributed by atoms with Crippen LogP contribution in [0.3, 0.4) is 0 Å². The molecule has 1 aliphatic heterocycles. The average Bonchev–Trinajstić information content (AvgIpc) is 3.15. The highest BCUT2D eigenvalue weighted by atomic mass is 32.1. The van der Waals surface area contributed by atoms with Crippen LogP contribution in [0.2, 0.25) is 0 Å². The Morgan fingerprint density at radius 3 is 3.24 bits per heavy atom. The van der Waals surface area contributed by atoms with Gasteiger partial charge in [0.1, 0.15) is 12.7 Å². The van der Waals surface area contributed by atoms with Gasteiger partial charge in [0, 0.05) is 13.1 Å². The van der Waals surface area contributed by atoms with E-state index in [-0.39, 0.29) is 6.10 Å². The molecule has 21 heavy (non-hydrogen) atoms. The summed E-state index contributed by atoms with van der Waals surface area (Å²) in [4.78, 5) is 11.6. The molecule has 8 nitrogen and oxygen atoms in total. The maximum Gasteiger partial charge on any atom is 0.214 e. The summed E-state index contributed by atoms with van der Waals surface area (Å²) in [5, 5.41) is 9.71. The van der Waals surface area contributed by atoms with Crippen LogP contribution in [0.15, 0.2) is 18.9 Å². The summed E-state index contributed by atoms with van der Waals surface area (Å²) < 4.78 is 9.44. The molecule has 0 spiro atoms. The minimum Gasteiger partial charge on any atom is -0.373 e. The summed E-state index contributed by atoms with van der Waals surface area (Å²) in [5.74, 6) is 0. The van der Waals surface area contributed by atoms with Crippen LogP contribution >= 0.6 is 11.3 Å². The summed E-state index contributed by atoms with van der Waals surface area (Å²) in [6.45, 7) is 5.03. The Balaban J connectivity index is 1.50. The van der Waals surface area contributed by atoms with Crippen LogP contribution in [0.4, 0.5) is 5.13 Å². The molecular weight excluding hydrogens is 290 g/mol. The predicted molar refractivity (Wildman–Crippen MR) is 77.6 cm³/mol. The third kappa shape index (κ3) is 2.49. The van der Waals surface area contributed by atoms with Gasteiger partial charge in [-0.05, 0) is 6.92 Å². The molecule has 1 saturated heterocycles. The maximum atomic E-state index is 5.80. The van der Waals surface area contributed by atoms with Gasteiger partial charge in [-0.15, -0.1) is 5.10 Å². The van der Waals surface area contributed by atoms with E-state index in [0.717, 1.165) is 28.9 Å². The molecule has 0 radical (unpaired) electrons. The number of aromatic nitrogens is 6. The standard InChI is InChI=1S/C12H15N7OS/c1-9-4-19-11(15-9)21-12(16-19)17-2-3-20-10(5-17)6-18-8-13-7-14-18/h4,7-8,10H,2-3,5-6H2,1H3/t10-/m0/s1. The zero-order chi connectivity index (χ0) is 14.2. The number of morpholine rings is 1.